The number of amides is 2. The Hall–Kier alpha value is -2.61. The molecule has 2 amide bonds. The molecule has 1 aliphatic rings. The molecule has 0 aromatic heterocycles. The summed E-state index contributed by atoms with van der Waals surface area (Å²) in [4.78, 5) is 38.9. The molecule has 1 aromatic rings. The molecular formula is C14H11NO4. The summed E-state index contributed by atoms with van der Waals surface area (Å²) in [5.41, 5.74) is 1.41. The summed E-state index contributed by atoms with van der Waals surface area (Å²) in [5.74, 6) is 0.838. The maximum atomic E-state index is 11.6. The van der Waals surface area contributed by atoms with Crippen molar-refractivity contribution in [3.63, 3.8) is 0 Å². The highest BCUT2D eigenvalue weighted by Crippen LogP contribution is 2.13. The van der Waals surface area contributed by atoms with Gasteiger partial charge in [0.25, 0.3) is 11.8 Å². The minimum atomic E-state index is -0.656. The van der Waals surface area contributed by atoms with Crippen molar-refractivity contribution in [1.29, 1.82) is 0 Å². The van der Waals surface area contributed by atoms with Crippen LogP contribution >= 0.6 is 0 Å². The number of hydroxylamine groups is 2. The lowest BCUT2D eigenvalue weighted by Gasteiger charge is -2.12. The minimum absolute atomic E-state index is 0.0259. The van der Waals surface area contributed by atoms with Crippen LogP contribution in [0.15, 0.2) is 24.3 Å². The maximum absolute atomic E-state index is 11.6. The predicted molar refractivity (Wildman–Crippen MR) is 65.3 cm³/mol. The van der Waals surface area contributed by atoms with Gasteiger partial charge in [0.15, 0.2) is 0 Å². The second-order valence-electron chi connectivity index (χ2n) is 4.06. The standard InChI is InChI=1S/C14H11NO4/c1-2-10-3-5-11(6-4-10)9-14(18)19-15-12(16)7-8-13(15)17/h1,3-6H,7-9H2. The highest BCUT2D eigenvalue weighted by Gasteiger charge is 2.32. The van der Waals surface area contributed by atoms with E-state index in [4.69, 9.17) is 11.3 Å². The van der Waals surface area contributed by atoms with E-state index in [1.807, 2.05) is 0 Å². The van der Waals surface area contributed by atoms with Crippen LogP contribution in [-0.4, -0.2) is 22.8 Å². The molecule has 5 heteroatoms. The number of carbonyl (C=O) groups is 3. The van der Waals surface area contributed by atoms with E-state index in [9.17, 15) is 14.4 Å². The largest absolute Gasteiger partial charge is 0.337 e. The van der Waals surface area contributed by atoms with Gasteiger partial charge in [-0.25, -0.2) is 4.79 Å². The Balaban J connectivity index is 1.95. The summed E-state index contributed by atoms with van der Waals surface area (Å²) in [5, 5.41) is 0.540. The fourth-order valence-electron chi connectivity index (χ4n) is 1.68. The first kappa shape index (κ1) is 12.8. The van der Waals surface area contributed by atoms with Gasteiger partial charge in [-0.15, -0.1) is 11.5 Å². The number of carbonyl (C=O) groups excluding carboxylic acids is 3. The van der Waals surface area contributed by atoms with Crippen molar-refractivity contribution < 1.29 is 19.2 Å². The molecule has 0 aliphatic carbocycles. The number of terminal acetylenes is 1. The van der Waals surface area contributed by atoms with Crippen LogP contribution in [0.3, 0.4) is 0 Å². The fraction of sp³-hybridized carbons (Fsp3) is 0.214. The third-order valence-corrected chi connectivity index (χ3v) is 2.67. The molecule has 1 fully saturated rings. The molecule has 0 N–H and O–H groups in total. The number of benzene rings is 1. The van der Waals surface area contributed by atoms with Gasteiger partial charge in [0.05, 0.1) is 6.42 Å². The van der Waals surface area contributed by atoms with Crippen molar-refractivity contribution in [2.24, 2.45) is 0 Å². The molecule has 0 bridgehead atoms. The van der Waals surface area contributed by atoms with E-state index in [2.05, 4.69) is 5.92 Å². The van der Waals surface area contributed by atoms with Crippen LogP contribution in [0.2, 0.25) is 0 Å². The van der Waals surface area contributed by atoms with Gasteiger partial charge in [0.1, 0.15) is 0 Å². The molecule has 96 valence electrons. The summed E-state index contributed by atoms with van der Waals surface area (Å²) >= 11 is 0. The molecule has 5 nitrogen and oxygen atoms in total. The van der Waals surface area contributed by atoms with Crippen molar-refractivity contribution in [3.8, 4) is 12.3 Å². The first-order valence-corrected chi connectivity index (χ1v) is 5.72. The van der Waals surface area contributed by atoms with Gasteiger partial charge in [0, 0.05) is 18.4 Å². The maximum Gasteiger partial charge on any atom is 0.337 e. The van der Waals surface area contributed by atoms with Crippen LogP contribution in [0.4, 0.5) is 0 Å². The second-order valence-corrected chi connectivity index (χ2v) is 4.06. The molecule has 1 heterocycles. The van der Waals surface area contributed by atoms with Crippen LogP contribution in [0.5, 0.6) is 0 Å². The first-order chi connectivity index (χ1) is 9.10. The zero-order valence-corrected chi connectivity index (χ0v) is 10.1. The van der Waals surface area contributed by atoms with Crippen molar-refractivity contribution >= 4 is 17.8 Å². The SMILES string of the molecule is C#Cc1ccc(CC(=O)ON2C(=O)CCC2=O)cc1. The van der Waals surface area contributed by atoms with Gasteiger partial charge in [-0.05, 0) is 17.7 Å². The van der Waals surface area contributed by atoms with Crippen LogP contribution in [0.25, 0.3) is 0 Å². The average Bonchev–Trinajstić information content (AvgIpc) is 2.71. The molecule has 0 spiro atoms. The Morgan fingerprint density at radius 2 is 1.79 bits per heavy atom. The molecule has 0 atom stereocenters. The zero-order valence-electron chi connectivity index (χ0n) is 10.1. The minimum Gasteiger partial charge on any atom is -0.330 e. The number of hydrogen-bond donors (Lipinski definition) is 0. The van der Waals surface area contributed by atoms with Crippen LogP contribution < -0.4 is 0 Å². The van der Waals surface area contributed by atoms with Crippen molar-refractivity contribution in [3.05, 3.63) is 35.4 Å². The molecule has 19 heavy (non-hydrogen) atoms. The molecule has 1 saturated heterocycles. The molecule has 1 aliphatic heterocycles. The van der Waals surface area contributed by atoms with Crippen LogP contribution in [0.1, 0.15) is 24.0 Å². The van der Waals surface area contributed by atoms with Crippen LogP contribution in [-0.2, 0) is 25.6 Å². The topological polar surface area (TPSA) is 63.7 Å². The van der Waals surface area contributed by atoms with E-state index in [0.717, 1.165) is 0 Å². The van der Waals surface area contributed by atoms with E-state index in [1.54, 1.807) is 24.3 Å². The zero-order chi connectivity index (χ0) is 13.8. The number of nitrogens with zero attached hydrogens (tertiary/aromatic N) is 1. The van der Waals surface area contributed by atoms with E-state index < -0.39 is 17.8 Å². The van der Waals surface area contributed by atoms with Gasteiger partial charge < -0.3 is 4.84 Å². The van der Waals surface area contributed by atoms with Crippen molar-refractivity contribution in [2.45, 2.75) is 19.3 Å². The van der Waals surface area contributed by atoms with Crippen LogP contribution in [0, 0.1) is 12.3 Å². The monoisotopic (exact) mass is 257 g/mol. The number of hydrogen-bond acceptors (Lipinski definition) is 4. The third kappa shape index (κ3) is 2.99. The lowest BCUT2D eigenvalue weighted by atomic mass is 10.1. The van der Waals surface area contributed by atoms with Gasteiger partial charge >= 0.3 is 5.97 Å². The Labute approximate surface area is 110 Å². The first-order valence-electron chi connectivity index (χ1n) is 5.72. The van der Waals surface area contributed by atoms with Crippen molar-refractivity contribution in [1.82, 2.24) is 5.06 Å². The predicted octanol–water partition coefficient (Wildman–Crippen LogP) is 0.818. The molecule has 2 rings (SSSR count). The normalized spacial score (nSPS) is 14.4. The second kappa shape index (κ2) is 5.36. The summed E-state index contributed by atoms with van der Waals surface area (Å²) in [6.45, 7) is 0. The Morgan fingerprint density at radius 3 is 2.32 bits per heavy atom. The molecule has 0 saturated carbocycles. The lowest BCUT2D eigenvalue weighted by molar-refractivity contribution is -0.197. The van der Waals surface area contributed by atoms with E-state index >= 15 is 0 Å². The smallest absolute Gasteiger partial charge is 0.330 e. The Kier molecular flexibility index (Phi) is 3.62. The highest BCUT2D eigenvalue weighted by molar-refractivity contribution is 6.01. The molecular weight excluding hydrogens is 246 g/mol. The van der Waals surface area contributed by atoms with Gasteiger partial charge in [-0.3, -0.25) is 9.59 Å². The number of rotatable bonds is 3. The average molecular weight is 257 g/mol. The summed E-state index contributed by atoms with van der Waals surface area (Å²) in [7, 11) is 0. The fourth-order valence-corrected chi connectivity index (χ4v) is 1.68. The molecule has 0 radical (unpaired) electrons. The molecule has 0 unspecified atom stereocenters. The Morgan fingerprint density at radius 1 is 1.21 bits per heavy atom. The lowest BCUT2D eigenvalue weighted by Crippen LogP contribution is -2.32. The van der Waals surface area contributed by atoms with E-state index in [0.29, 0.717) is 16.2 Å². The van der Waals surface area contributed by atoms with Gasteiger partial charge in [0.2, 0.25) is 0 Å². The number of imide groups is 1. The highest BCUT2D eigenvalue weighted by atomic mass is 16.7. The summed E-state index contributed by atoms with van der Waals surface area (Å²) in [6, 6.07) is 6.80. The summed E-state index contributed by atoms with van der Waals surface area (Å²) < 4.78 is 0. The van der Waals surface area contributed by atoms with E-state index in [-0.39, 0.29) is 19.3 Å². The summed E-state index contributed by atoms with van der Waals surface area (Å²) in [6.07, 6.45) is 5.36. The molecule has 1 aromatic carbocycles. The quantitative estimate of drug-likeness (QED) is 0.594. The Bertz CT molecular complexity index is 552. The van der Waals surface area contributed by atoms with Gasteiger partial charge in [-0.1, -0.05) is 18.1 Å². The van der Waals surface area contributed by atoms with E-state index in [1.165, 1.54) is 0 Å². The van der Waals surface area contributed by atoms with Crippen molar-refractivity contribution in [2.75, 3.05) is 0 Å². The third-order valence-electron chi connectivity index (χ3n) is 2.67. The van der Waals surface area contributed by atoms with Gasteiger partial charge in [-0.2, -0.15) is 0 Å².